The van der Waals surface area contributed by atoms with Crippen molar-refractivity contribution in [3.63, 3.8) is 0 Å². The number of hydrogen-bond donors (Lipinski definition) is 1. The monoisotopic (exact) mass is 874 g/mol. The second kappa shape index (κ2) is 17.0. The van der Waals surface area contributed by atoms with Crippen molar-refractivity contribution in [1.29, 1.82) is 0 Å². The summed E-state index contributed by atoms with van der Waals surface area (Å²) in [4.78, 5) is 21.2. The van der Waals surface area contributed by atoms with Crippen LogP contribution in [0.1, 0.15) is 58.9 Å². The van der Waals surface area contributed by atoms with Gasteiger partial charge in [0, 0.05) is 66.6 Å². The Morgan fingerprint density at radius 3 is 2.12 bits per heavy atom. The summed E-state index contributed by atoms with van der Waals surface area (Å²) in [5.41, 5.74) is 4.59. The van der Waals surface area contributed by atoms with Crippen LogP contribution in [-0.2, 0) is 30.9 Å². The number of fused-ring (bicyclic) bond motifs is 4. The molecule has 0 saturated heterocycles. The number of thiophene rings is 1. The van der Waals surface area contributed by atoms with Crippen LogP contribution in [0.2, 0.25) is 39.3 Å². The average Bonchev–Trinajstić information content (AvgIpc) is 3.38. The number of aromatic nitrogens is 2. The summed E-state index contributed by atoms with van der Waals surface area (Å²) in [6, 6.07) is 22.8. The van der Waals surface area contributed by atoms with Gasteiger partial charge < -0.3 is 5.11 Å². The second-order valence-electron chi connectivity index (χ2n) is 15.0. The summed E-state index contributed by atoms with van der Waals surface area (Å²) in [5, 5.41) is 15.0. The smallest absolute Gasteiger partial charge is 0.162 e. The van der Waals surface area contributed by atoms with Crippen LogP contribution in [-0.4, -0.2) is 37.0 Å². The molecule has 259 valence electrons. The van der Waals surface area contributed by atoms with Gasteiger partial charge in [-0.15, -0.1) is 40.1 Å². The molecule has 0 aliphatic rings. The predicted octanol–water partition coefficient (Wildman–Crippen LogP) is 11.3. The van der Waals surface area contributed by atoms with Crippen molar-refractivity contribution < 1.29 is 30.0 Å². The van der Waals surface area contributed by atoms with Crippen molar-refractivity contribution in [2.24, 2.45) is 11.8 Å². The van der Waals surface area contributed by atoms with Gasteiger partial charge in [-0.05, 0) is 43.4 Å². The number of hydrogen-bond acceptors (Lipinski definition) is 5. The molecule has 0 spiro atoms. The van der Waals surface area contributed by atoms with Crippen LogP contribution in [0.25, 0.3) is 42.3 Å². The van der Waals surface area contributed by atoms with E-state index in [0.717, 1.165) is 42.5 Å². The van der Waals surface area contributed by atoms with Gasteiger partial charge in [-0.1, -0.05) is 108 Å². The Hall–Kier alpha value is -2.49. The maximum atomic E-state index is 11.7. The first-order valence-electron chi connectivity index (χ1n) is 17.3. The molecule has 0 amide bonds. The molecule has 0 unspecified atom stereocenters. The minimum Gasteiger partial charge on any atom is -0.512 e. The topological polar surface area (TPSA) is 63.1 Å². The molecule has 4 nitrogen and oxygen atoms in total. The first-order chi connectivity index (χ1) is 22.2. The third-order valence-corrected chi connectivity index (χ3v) is 13.6. The predicted molar refractivity (Wildman–Crippen MR) is 211 cm³/mol. The maximum absolute atomic E-state index is 11.7. The van der Waals surface area contributed by atoms with Gasteiger partial charge in [0.1, 0.15) is 6.33 Å². The van der Waals surface area contributed by atoms with Crippen molar-refractivity contribution in [1.82, 2.24) is 9.97 Å². The van der Waals surface area contributed by atoms with E-state index >= 15 is 0 Å². The summed E-state index contributed by atoms with van der Waals surface area (Å²) >= 11 is 1.82. The Morgan fingerprint density at radius 2 is 1.52 bits per heavy atom. The molecule has 5 rings (SSSR count). The molecular weight excluding hydrogens is 821 g/mol. The molecule has 0 aliphatic heterocycles. The number of aliphatic hydroxyl groups is 1. The van der Waals surface area contributed by atoms with Crippen LogP contribution in [0.4, 0.5) is 0 Å². The number of ketones is 1. The van der Waals surface area contributed by atoms with Crippen LogP contribution >= 0.6 is 11.3 Å². The Morgan fingerprint density at radius 1 is 0.875 bits per heavy atom. The Balaban J connectivity index is 0.000000334. The van der Waals surface area contributed by atoms with Gasteiger partial charge in [-0.3, -0.25) is 9.78 Å². The largest absolute Gasteiger partial charge is 0.512 e. The minimum atomic E-state index is -1.55. The molecule has 2 heterocycles. The number of carbonyl (C=O) groups excluding carboxylic acids is 1. The van der Waals surface area contributed by atoms with E-state index in [1.54, 1.807) is 6.33 Å². The maximum Gasteiger partial charge on any atom is 0.162 e. The van der Waals surface area contributed by atoms with Crippen molar-refractivity contribution in [2.45, 2.75) is 98.7 Å². The van der Waals surface area contributed by atoms with E-state index < -0.39 is 16.1 Å². The normalized spacial score (nSPS) is 12.5. The van der Waals surface area contributed by atoms with Gasteiger partial charge in [-0.2, -0.15) is 0 Å². The molecule has 3 aromatic carbocycles. The van der Waals surface area contributed by atoms with Gasteiger partial charge in [0.05, 0.1) is 19.3 Å². The zero-order valence-corrected chi connectivity index (χ0v) is 35.7. The standard InChI is InChI=1S/C27H29N2SSi2.C13H24O2.Ir/c1-31(2,3)16-18-11-12-22-23(13-18)30-27-25(28-17-29-26(22)27)20-14-19-9-7-8-10-21(19)24(15-20)32(4,5)6;1-5-10(6-2)12(14)9-13(15)11(7-3)8-4;/h7-13,15,17H,16H2,1-6H3;9-11,14H,5-8H2,1-4H3;/q-1;;/b;12-9-;. The van der Waals surface area contributed by atoms with Crippen LogP contribution in [0.5, 0.6) is 0 Å². The van der Waals surface area contributed by atoms with E-state index in [9.17, 15) is 9.90 Å². The van der Waals surface area contributed by atoms with E-state index in [0.29, 0.717) is 0 Å². The molecule has 8 heteroatoms. The molecule has 1 radical (unpaired) electrons. The fraction of sp³-hybridized carbons (Fsp3) is 0.425. The number of carbonyl (C=O) groups is 1. The molecule has 5 aromatic rings. The van der Waals surface area contributed by atoms with Crippen molar-refractivity contribution in [3.8, 4) is 11.3 Å². The van der Waals surface area contributed by atoms with Gasteiger partial charge >= 0.3 is 0 Å². The summed E-state index contributed by atoms with van der Waals surface area (Å²) in [6.45, 7) is 22.6. The zero-order chi connectivity index (χ0) is 34.5. The SMILES string of the molecule is CCC(CC)C(=O)/C=C(\O)C(CC)CC.C[Si](C)(C)Cc1ccc2c(c1)sc1c(-c3[c-]c4ccccc4c([Si](C)(C)C)c3)ncnc12.[Ir]. The van der Waals surface area contributed by atoms with E-state index in [4.69, 9.17) is 9.97 Å². The number of nitrogens with zero attached hydrogens (tertiary/aromatic N) is 2. The molecular formula is C40H53IrN2O2SSi2-. The summed E-state index contributed by atoms with van der Waals surface area (Å²) in [5.74, 6) is 0.547. The van der Waals surface area contributed by atoms with E-state index in [1.807, 2.05) is 39.0 Å². The van der Waals surface area contributed by atoms with Crippen LogP contribution < -0.4 is 5.19 Å². The van der Waals surface area contributed by atoms with Crippen LogP contribution in [0, 0.1) is 17.9 Å². The number of benzene rings is 3. The first-order valence-corrected chi connectivity index (χ1v) is 25.3. The molecule has 0 aliphatic carbocycles. The Labute approximate surface area is 307 Å². The summed E-state index contributed by atoms with van der Waals surface area (Å²) < 4.78 is 2.48. The molecule has 1 N–H and O–H groups in total. The fourth-order valence-corrected chi connectivity index (χ4v) is 10.6. The third kappa shape index (κ3) is 9.60. The van der Waals surface area contributed by atoms with E-state index in [-0.39, 0.29) is 43.5 Å². The van der Waals surface area contributed by atoms with E-state index in [1.165, 1.54) is 48.4 Å². The quantitative estimate of drug-likeness (QED) is 0.0621. The van der Waals surface area contributed by atoms with Crippen molar-refractivity contribution in [2.75, 3.05) is 0 Å². The van der Waals surface area contributed by atoms with Crippen LogP contribution in [0.3, 0.4) is 0 Å². The third-order valence-electron chi connectivity index (χ3n) is 8.97. The van der Waals surface area contributed by atoms with Gasteiger partial charge in [-0.25, -0.2) is 4.98 Å². The molecule has 0 saturated carbocycles. The van der Waals surface area contributed by atoms with Gasteiger partial charge in [0.25, 0.3) is 0 Å². The summed E-state index contributed by atoms with van der Waals surface area (Å²) in [6.07, 6.45) is 6.63. The first kappa shape index (κ1) is 39.9. The molecule has 0 bridgehead atoms. The molecule has 0 fully saturated rings. The molecule has 2 aromatic heterocycles. The average molecular weight is 874 g/mol. The number of allylic oxidation sites excluding steroid dienone is 2. The number of aliphatic hydroxyl groups excluding tert-OH is 1. The van der Waals surface area contributed by atoms with Gasteiger partial charge in [0.15, 0.2) is 5.78 Å². The molecule has 48 heavy (non-hydrogen) atoms. The van der Waals surface area contributed by atoms with Crippen molar-refractivity contribution >= 4 is 69.5 Å². The second-order valence-corrected chi connectivity index (χ2v) is 26.5. The van der Waals surface area contributed by atoms with E-state index in [2.05, 4.69) is 93.9 Å². The molecule has 0 atom stereocenters. The number of rotatable bonds is 11. The fourth-order valence-electron chi connectivity index (χ4n) is 6.29. The zero-order valence-electron chi connectivity index (χ0n) is 30.5. The summed E-state index contributed by atoms with van der Waals surface area (Å²) in [7, 11) is -2.71. The Kier molecular flexibility index (Phi) is 14.1. The Bertz CT molecular complexity index is 1880. The minimum absolute atomic E-state index is 0. The van der Waals surface area contributed by atoms with Crippen LogP contribution in [0.15, 0.2) is 66.7 Å². The van der Waals surface area contributed by atoms with Crippen molar-refractivity contribution in [3.05, 3.63) is 78.3 Å². The van der Waals surface area contributed by atoms with Gasteiger partial charge in [0.2, 0.25) is 0 Å².